The van der Waals surface area contributed by atoms with Crippen molar-refractivity contribution >= 4 is 29.3 Å². The van der Waals surface area contributed by atoms with Gasteiger partial charge in [-0.05, 0) is 31.5 Å². The molecule has 0 spiro atoms. The topological polar surface area (TPSA) is 78.4 Å². The Morgan fingerprint density at radius 2 is 2.06 bits per heavy atom. The van der Waals surface area contributed by atoms with Crippen molar-refractivity contribution in [2.75, 3.05) is 5.32 Å². The number of carbonyl (C=O) groups is 2. The van der Waals surface area contributed by atoms with E-state index in [1.54, 1.807) is 12.1 Å². The second kappa shape index (κ2) is 5.54. The Balaban J connectivity index is 2.68. The lowest BCUT2D eigenvalue weighted by Gasteiger charge is -2.12. The molecule has 17 heavy (non-hydrogen) atoms. The van der Waals surface area contributed by atoms with E-state index < -0.39 is 18.0 Å². The molecule has 3 N–H and O–H groups in total. The quantitative estimate of drug-likeness (QED) is 0.776. The molecule has 0 aromatic heterocycles. The minimum absolute atomic E-state index is 0.397. The smallest absolute Gasteiger partial charge is 0.325 e. The fraction of sp³-hybridized carbons (Fsp3) is 0.273. The van der Waals surface area contributed by atoms with Gasteiger partial charge in [-0.1, -0.05) is 17.7 Å². The summed E-state index contributed by atoms with van der Waals surface area (Å²) in [6.45, 7) is 3.24. The average Bonchev–Trinajstić information content (AvgIpc) is 2.23. The van der Waals surface area contributed by atoms with Gasteiger partial charge in [-0.25, -0.2) is 4.79 Å². The van der Waals surface area contributed by atoms with Gasteiger partial charge in [0.1, 0.15) is 6.04 Å². The second-order valence-corrected chi connectivity index (χ2v) is 4.05. The van der Waals surface area contributed by atoms with Crippen LogP contribution in [0.5, 0.6) is 0 Å². The summed E-state index contributed by atoms with van der Waals surface area (Å²) in [4.78, 5) is 22.0. The van der Waals surface area contributed by atoms with Gasteiger partial charge in [-0.15, -0.1) is 0 Å². The summed E-state index contributed by atoms with van der Waals surface area (Å²) in [5.74, 6) is -1.10. The number of hydrogen-bond acceptors (Lipinski definition) is 2. The Hall–Kier alpha value is -1.75. The molecule has 0 saturated carbocycles. The number of nitrogens with one attached hydrogen (secondary N) is 2. The summed E-state index contributed by atoms with van der Waals surface area (Å²) < 4.78 is 0. The SMILES string of the molecule is Cc1ccc(Cl)c(NC(=O)N[C@H](C)C(=O)O)c1. The molecule has 2 amide bonds. The van der Waals surface area contributed by atoms with Crippen LogP contribution < -0.4 is 10.6 Å². The van der Waals surface area contributed by atoms with E-state index in [9.17, 15) is 9.59 Å². The van der Waals surface area contributed by atoms with Crippen molar-refractivity contribution < 1.29 is 14.7 Å². The lowest BCUT2D eigenvalue weighted by molar-refractivity contribution is -0.138. The monoisotopic (exact) mass is 256 g/mol. The second-order valence-electron chi connectivity index (χ2n) is 3.64. The van der Waals surface area contributed by atoms with Gasteiger partial charge < -0.3 is 15.7 Å². The third-order valence-corrected chi connectivity index (χ3v) is 2.42. The number of carboxylic acids is 1. The third kappa shape index (κ3) is 3.96. The van der Waals surface area contributed by atoms with Crippen LogP contribution in [-0.2, 0) is 4.79 Å². The maximum Gasteiger partial charge on any atom is 0.325 e. The fourth-order valence-electron chi connectivity index (χ4n) is 1.15. The van der Waals surface area contributed by atoms with Gasteiger partial charge >= 0.3 is 12.0 Å². The molecule has 5 nitrogen and oxygen atoms in total. The Kier molecular flexibility index (Phi) is 4.34. The van der Waals surface area contributed by atoms with Crippen LogP contribution in [0, 0.1) is 6.92 Å². The number of halogens is 1. The number of rotatable bonds is 3. The highest BCUT2D eigenvalue weighted by molar-refractivity contribution is 6.33. The molecule has 0 radical (unpaired) electrons. The van der Waals surface area contributed by atoms with E-state index in [-0.39, 0.29) is 0 Å². The first-order chi connectivity index (χ1) is 7.90. The molecule has 0 fully saturated rings. The highest BCUT2D eigenvalue weighted by atomic mass is 35.5. The minimum Gasteiger partial charge on any atom is -0.480 e. The van der Waals surface area contributed by atoms with Crippen molar-refractivity contribution in [1.29, 1.82) is 0 Å². The molecule has 1 aromatic carbocycles. The maximum absolute atomic E-state index is 11.4. The van der Waals surface area contributed by atoms with Crippen LogP contribution in [0.2, 0.25) is 5.02 Å². The number of aliphatic carboxylic acids is 1. The molecular formula is C11H13ClN2O3. The molecule has 0 heterocycles. The summed E-state index contributed by atoms with van der Waals surface area (Å²) in [7, 11) is 0. The van der Waals surface area contributed by atoms with Gasteiger partial charge in [0, 0.05) is 0 Å². The highest BCUT2D eigenvalue weighted by Gasteiger charge is 2.14. The van der Waals surface area contributed by atoms with Crippen LogP contribution in [0.4, 0.5) is 10.5 Å². The van der Waals surface area contributed by atoms with Crippen molar-refractivity contribution in [3.63, 3.8) is 0 Å². The zero-order valence-electron chi connectivity index (χ0n) is 9.45. The molecule has 0 aliphatic carbocycles. The first-order valence-electron chi connectivity index (χ1n) is 4.96. The predicted molar refractivity (Wildman–Crippen MR) is 65.4 cm³/mol. The zero-order valence-corrected chi connectivity index (χ0v) is 10.2. The van der Waals surface area contributed by atoms with Crippen molar-refractivity contribution in [1.82, 2.24) is 5.32 Å². The largest absolute Gasteiger partial charge is 0.480 e. The summed E-state index contributed by atoms with van der Waals surface area (Å²) in [6, 6.07) is 3.61. The predicted octanol–water partition coefficient (Wildman–Crippen LogP) is 2.24. The van der Waals surface area contributed by atoms with Crippen LogP contribution >= 0.6 is 11.6 Å². The average molecular weight is 257 g/mol. The molecule has 0 aliphatic heterocycles. The molecule has 0 bridgehead atoms. The standard InChI is InChI=1S/C11H13ClN2O3/c1-6-3-4-8(12)9(5-6)14-11(17)13-7(2)10(15)16/h3-5,7H,1-2H3,(H,15,16)(H2,13,14,17)/t7-/m1/s1. The number of amides is 2. The molecule has 1 aromatic rings. The van der Waals surface area contributed by atoms with Crippen molar-refractivity contribution in [3.8, 4) is 0 Å². The van der Waals surface area contributed by atoms with E-state index in [0.717, 1.165) is 5.56 Å². The van der Waals surface area contributed by atoms with Crippen molar-refractivity contribution in [2.24, 2.45) is 0 Å². The van der Waals surface area contributed by atoms with E-state index >= 15 is 0 Å². The molecule has 1 rings (SSSR count). The normalized spacial score (nSPS) is 11.7. The Labute approximate surface area is 104 Å². The van der Waals surface area contributed by atoms with E-state index in [4.69, 9.17) is 16.7 Å². The summed E-state index contributed by atoms with van der Waals surface area (Å²) in [5, 5.41) is 13.8. The van der Waals surface area contributed by atoms with Crippen molar-refractivity contribution in [2.45, 2.75) is 19.9 Å². The Bertz CT molecular complexity index is 448. The number of aryl methyl sites for hydroxylation is 1. The lowest BCUT2D eigenvalue weighted by Crippen LogP contribution is -2.40. The van der Waals surface area contributed by atoms with E-state index in [2.05, 4.69) is 10.6 Å². The van der Waals surface area contributed by atoms with Gasteiger partial charge in [0.05, 0.1) is 10.7 Å². The Morgan fingerprint density at radius 3 is 2.65 bits per heavy atom. The number of carboxylic acid groups (broad SMARTS) is 1. The van der Waals surface area contributed by atoms with Crippen LogP contribution in [-0.4, -0.2) is 23.1 Å². The van der Waals surface area contributed by atoms with Gasteiger partial charge in [0.2, 0.25) is 0 Å². The number of benzene rings is 1. The third-order valence-electron chi connectivity index (χ3n) is 2.09. The van der Waals surface area contributed by atoms with Crippen LogP contribution in [0.3, 0.4) is 0 Å². The minimum atomic E-state index is -1.10. The Morgan fingerprint density at radius 1 is 1.41 bits per heavy atom. The van der Waals surface area contributed by atoms with Gasteiger partial charge in [0.15, 0.2) is 0 Å². The number of hydrogen-bond donors (Lipinski definition) is 3. The number of carbonyl (C=O) groups excluding carboxylic acids is 1. The molecule has 0 unspecified atom stereocenters. The molecular weight excluding hydrogens is 244 g/mol. The summed E-state index contributed by atoms with van der Waals surface area (Å²) in [6.07, 6.45) is 0. The fourth-order valence-corrected chi connectivity index (χ4v) is 1.32. The molecule has 1 atom stereocenters. The van der Waals surface area contributed by atoms with E-state index in [1.165, 1.54) is 6.92 Å². The summed E-state index contributed by atoms with van der Waals surface area (Å²) >= 11 is 5.88. The first kappa shape index (κ1) is 13.3. The molecule has 92 valence electrons. The molecule has 0 saturated heterocycles. The summed E-state index contributed by atoms with van der Waals surface area (Å²) in [5.41, 5.74) is 1.39. The van der Waals surface area contributed by atoms with Crippen LogP contribution in [0.1, 0.15) is 12.5 Å². The van der Waals surface area contributed by atoms with Gasteiger partial charge in [-0.2, -0.15) is 0 Å². The highest BCUT2D eigenvalue weighted by Crippen LogP contribution is 2.22. The van der Waals surface area contributed by atoms with Gasteiger partial charge in [0.25, 0.3) is 0 Å². The lowest BCUT2D eigenvalue weighted by atomic mass is 10.2. The van der Waals surface area contributed by atoms with Crippen LogP contribution in [0.15, 0.2) is 18.2 Å². The van der Waals surface area contributed by atoms with E-state index in [1.807, 2.05) is 13.0 Å². The van der Waals surface area contributed by atoms with E-state index in [0.29, 0.717) is 10.7 Å². The van der Waals surface area contributed by atoms with Gasteiger partial charge in [-0.3, -0.25) is 4.79 Å². The number of anilines is 1. The van der Waals surface area contributed by atoms with Crippen LogP contribution in [0.25, 0.3) is 0 Å². The van der Waals surface area contributed by atoms with Crippen molar-refractivity contribution in [3.05, 3.63) is 28.8 Å². The molecule has 6 heteroatoms. The first-order valence-corrected chi connectivity index (χ1v) is 5.34. The number of urea groups is 1. The molecule has 0 aliphatic rings. The zero-order chi connectivity index (χ0) is 13.0. The maximum atomic E-state index is 11.4.